The third kappa shape index (κ3) is 7.33. The van der Waals surface area contributed by atoms with Gasteiger partial charge in [-0.05, 0) is 84.6 Å². The molecule has 0 N–H and O–H groups in total. The third-order valence-corrected chi connectivity index (χ3v) is 19.4. The lowest BCUT2D eigenvalue weighted by Crippen LogP contribution is -2.43. The fourth-order valence-corrected chi connectivity index (χ4v) is 15.7. The highest BCUT2D eigenvalue weighted by molar-refractivity contribution is 6.90. The van der Waals surface area contributed by atoms with Crippen molar-refractivity contribution in [3.63, 3.8) is 0 Å². The zero-order valence-corrected chi connectivity index (χ0v) is 36.2. The molecule has 3 aromatic carbocycles. The van der Waals surface area contributed by atoms with E-state index in [1.807, 2.05) is 35.2 Å². The number of anilines is 2. The van der Waals surface area contributed by atoms with Gasteiger partial charge in [0.05, 0.1) is 12.1 Å². The molecule has 3 aliphatic rings. The van der Waals surface area contributed by atoms with Crippen LogP contribution in [0, 0.1) is 23.1 Å². The minimum Gasteiger partial charge on any atom is -0.475 e. The Hall–Kier alpha value is -4.70. The molecule has 2 fully saturated rings. The predicted molar refractivity (Wildman–Crippen MR) is 231 cm³/mol. The van der Waals surface area contributed by atoms with Gasteiger partial charge < -0.3 is 19.1 Å². The van der Waals surface area contributed by atoms with Gasteiger partial charge in [-0.1, -0.05) is 71.7 Å². The lowest BCUT2D eigenvalue weighted by molar-refractivity contribution is 0.0512. The zero-order valence-electron chi connectivity index (χ0n) is 35.2. The Balaban J connectivity index is 1.37. The molecule has 0 saturated carbocycles. The Bertz CT molecular complexity index is 2420. The van der Waals surface area contributed by atoms with Gasteiger partial charge in [0.25, 0.3) is 0 Å². The summed E-state index contributed by atoms with van der Waals surface area (Å²) < 4.78 is 66.6. The molecule has 5 heterocycles. The number of fused-ring (bicyclic) bond motifs is 2. The van der Waals surface area contributed by atoms with Crippen molar-refractivity contribution in [3.8, 4) is 34.4 Å². The number of aromatic nitrogens is 3. The molecule has 0 aliphatic carbocycles. The molecule has 2 aromatic heterocycles. The zero-order chi connectivity index (χ0) is 41.6. The normalized spacial score (nSPS) is 19.4. The lowest BCUT2D eigenvalue weighted by atomic mass is 9.88. The maximum absolute atomic E-state index is 17.9. The molecule has 0 radical (unpaired) electrons. The van der Waals surface area contributed by atoms with Gasteiger partial charge in [0.15, 0.2) is 12.6 Å². The Morgan fingerprint density at radius 2 is 1.71 bits per heavy atom. The van der Waals surface area contributed by atoms with Crippen LogP contribution in [0.4, 0.5) is 24.7 Å². The highest BCUT2D eigenvalue weighted by Gasteiger charge is 2.48. The molecule has 0 spiro atoms. The molecule has 8 rings (SSSR count). The topological polar surface area (TPSA) is 72.8 Å². The summed E-state index contributed by atoms with van der Waals surface area (Å²) in [6.07, 6.45) is 2.64. The molecule has 0 unspecified atom stereocenters. The predicted octanol–water partition coefficient (Wildman–Crippen LogP) is 10.7. The maximum atomic E-state index is 17.9. The second-order valence-corrected chi connectivity index (χ2v) is 22.9. The van der Waals surface area contributed by atoms with E-state index >= 15 is 8.78 Å². The molecule has 2 atom stereocenters. The summed E-state index contributed by atoms with van der Waals surface area (Å²) in [6.45, 7) is 15.2. The first-order chi connectivity index (χ1) is 28.4. The molecule has 12 heteroatoms. The number of hydrogen-bond acceptors (Lipinski definition) is 8. The van der Waals surface area contributed by atoms with E-state index in [1.54, 1.807) is 18.2 Å². The van der Waals surface area contributed by atoms with Crippen molar-refractivity contribution in [3.05, 3.63) is 77.6 Å². The first-order valence-electron chi connectivity index (χ1n) is 21.0. The summed E-state index contributed by atoms with van der Waals surface area (Å²) in [5.41, 5.74) is 5.72. The van der Waals surface area contributed by atoms with Crippen molar-refractivity contribution in [1.29, 1.82) is 0 Å². The first-order valence-corrected chi connectivity index (χ1v) is 23.3. The van der Waals surface area contributed by atoms with Gasteiger partial charge in [0.2, 0.25) is 5.88 Å². The number of pyridine rings is 1. The van der Waals surface area contributed by atoms with Gasteiger partial charge in [0, 0.05) is 42.3 Å². The highest BCUT2D eigenvalue weighted by Crippen LogP contribution is 2.46. The number of aryl methyl sites for hydroxylation is 1. The summed E-state index contributed by atoms with van der Waals surface area (Å²) in [6, 6.07) is 16.3. The summed E-state index contributed by atoms with van der Waals surface area (Å²) in [4.78, 5) is 19.3. The fourth-order valence-electron chi connectivity index (χ4n) is 10.4. The number of para-hydroxylation sites is 1. The van der Waals surface area contributed by atoms with Crippen LogP contribution in [0.2, 0.25) is 16.6 Å². The number of ether oxygens (including phenoxy) is 3. The van der Waals surface area contributed by atoms with Crippen LogP contribution in [0.5, 0.6) is 11.6 Å². The quantitative estimate of drug-likeness (QED) is 0.0741. The number of alkyl halides is 1. The molecule has 2 saturated heterocycles. The summed E-state index contributed by atoms with van der Waals surface area (Å²) in [5, 5.41) is 1.39. The summed E-state index contributed by atoms with van der Waals surface area (Å²) in [5.74, 6) is 3.68. The van der Waals surface area contributed by atoms with E-state index in [0.29, 0.717) is 88.1 Å². The van der Waals surface area contributed by atoms with Crippen LogP contribution in [0.3, 0.4) is 0 Å². The minimum atomic E-state index is -2.31. The number of nitrogens with zero attached hydrogens (tertiary/aromatic N) is 5. The Labute approximate surface area is 346 Å². The number of halogens is 3. The summed E-state index contributed by atoms with van der Waals surface area (Å²) >= 11 is 0. The molecule has 3 aliphatic heterocycles. The molecule has 8 nitrogen and oxygen atoms in total. The van der Waals surface area contributed by atoms with Gasteiger partial charge in [-0.3, -0.25) is 4.90 Å². The highest BCUT2D eigenvalue weighted by atomic mass is 28.3. The van der Waals surface area contributed by atoms with Crippen molar-refractivity contribution in [2.75, 3.05) is 45.0 Å². The first kappa shape index (κ1) is 41.0. The van der Waals surface area contributed by atoms with E-state index in [2.05, 4.69) is 57.9 Å². The van der Waals surface area contributed by atoms with Crippen molar-refractivity contribution in [2.45, 2.75) is 102 Å². The standard InChI is InChI=1S/C47H54F3N5O3Si/c1-29(2)59(30(3)4,31(5)6)23-17-36-38(49)15-14-32-24-35(58-28-56-7)25-37(40(32)36)43-42(50)44-41-45(55(21-22-57-46(41)53-43)34-12-9-8-10-13-34)52-39(51-44)16-19-47-18-11-20-54(47)27-33(48)26-47/h8-10,12-15,24-25,29-31,33H,11,16,18-22,26-28H2,1-7H3/t33-,47-/m1/s1. The van der Waals surface area contributed by atoms with Gasteiger partial charge >= 0.3 is 0 Å². The molecular formula is C47H54F3N5O3Si. The van der Waals surface area contributed by atoms with Gasteiger partial charge in [-0.15, -0.1) is 5.54 Å². The Morgan fingerprint density at radius 1 is 0.949 bits per heavy atom. The number of rotatable bonds is 11. The SMILES string of the molecule is COCOc1cc(-c2nc3c4c(nc(CC[C@@]56CCCN5C[C@H](F)C6)nc4c2F)N(c2ccccc2)CCO3)c2c(C#C[Si](C(C)C)(C(C)C)C(C)C)c(F)ccc2c1. The van der Waals surface area contributed by atoms with E-state index in [9.17, 15) is 4.39 Å². The van der Waals surface area contributed by atoms with E-state index in [4.69, 9.17) is 29.2 Å². The van der Waals surface area contributed by atoms with E-state index in [1.165, 1.54) is 13.2 Å². The van der Waals surface area contributed by atoms with E-state index < -0.39 is 25.9 Å². The van der Waals surface area contributed by atoms with Crippen LogP contribution in [0.1, 0.15) is 78.6 Å². The lowest BCUT2D eigenvalue weighted by Gasteiger charge is -2.38. The maximum Gasteiger partial charge on any atom is 0.227 e. The van der Waals surface area contributed by atoms with E-state index in [0.717, 1.165) is 25.1 Å². The molecule has 59 heavy (non-hydrogen) atoms. The molecule has 0 amide bonds. The Kier molecular flexibility index (Phi) is 11.4. The largest absolute Gasteiger partial charge is 0.475 e. The molecule has 0 bridgehead atoms. The van der Waals surface area contributed by atoms with Crippen molar-refractivity contribution in [1.82, 2.24) is 19.9 Å². The minimum absolute atomic E-state index is 0.0506. The monoisotopic (exact) mass is 821 g/mol. The molecule has 310 valence electrons. The average Bonchev–Trinajstić information content (AvgIpc) is 3.67. The molecular weight excluding hydrogens is 768 g/mol. The van der Waals surface area contributed by atoms with Crippen LogP contribution in [-0.4, -0.2) is 79.8 Å². The van der Waals surface area contributed by atoms with Crippen molar-refractivity contribution >= 4 is 41.3 Å². The van der Waals surface area contributed by atoms with Crippen LogP contribution in [-0.2, 0) is 11.2 Å². The van der Waals surface area contributed by atoms with Gasteiger partial charge in [-0.2, -0.15) is 0 Å². The summed E-state index contributed by atoms with van der Waals surface area (Å²) in [7, 11) is -0.785. The van der Waals surface area contributed by atoms with Gasteiger partial charge in [-0.25, -0.2) is 28.1 Å². The van der Waals surface area contributed by atoms with Crippen molar-refractivity contribution < 1.29 is 27.4 Å². The van der Waals surface area contributed by atoms with Crippen LogP contribution < -0.4 is 14.4 Å². The molecule has 5 aromatic rings. The van der Waals surface area contributed by atoms with Crippen molar-refractivity contribution in [2.24, 2.45) is 0 Å². The van der Waals surface area contributed by atoms with E-state index in [-0.39, 0.29) is 41.6 Å². The smallest absolute Gasteiger partial charge is 0.227 e. The number of hydrogen-bond donors (Lipinski definition) is 0. The number of benzene rings is 3. The Morgan fingerprint density at radius 3 is 2.44 bits per heavy atom. The van der Waals surface area contributed by atoms with Crippen LogP contribution >= 0.6 is 0 Å². The number of methoxy groups -OCH3 is 1. The fraction of sp³-hybridized carbons (Fsp3) is 0.468. The third-order valence-electron chi connectivity index (χ3n) is 13.1. The second kappa shape index (κ2) is 16.4. The van der Waals surface area contributed by atoms with Gasteiger partial charge in [0.1, 0.15) is 60.7 Å². The second-order valence-electron chi connectivity index (χ2n) is 17.4. The average molecular weight is 822 g/mol. The van der Waals surface area contributed by atoms with Crippen LogP contribution in [0.25, 0.3) is 32.9 Å². The van der Waals surface area contributed by atoms with Crippen LogP contribution in [0.15, 0.2) is 54.6 Å².